The molecule has 1 fully saturated rings. The molecule has 1 N–H and O–H groups in total. The molecular formula is C16H14F4N2O3. The van der Waals surface area contributed by atoms with Gasteiger partial charge in [0.15, 0.2) is 5.43 Å². The number of amides is 1. The largest absolute Gasteiger partial charge is 0.522 e. The maximum atomic E-state index is 13.8. The normalized spacial score (nSPS) is 16.4. The second-order valence-electron chi connectivity index (χ2n) is 5.76. The van der Waals surface area contributed by atoms with Gasteiger partial charge in [-0.15, -0.1) is 13.2 Å². The molecule has 1 aliphatic heterocycles. The van der Waals surface area contributed by atoms with Gasteiger partial charge in [-0.05, 0) is 25.0 Å². The molecule has 9 heteroatoms. The van der Waals surface area contributed by atoms with Crippen LogP contribution >= 0.6 is 0 Å². The summed E-state index contributed by atoms with van der Waals surface area (Å²) in [7, 11) is 0. The van der Waals surface area contributed by atoms with Crippen LogP contribution in [0.5, 0.6) is 0 Å². The lowest BCUT2D eigenvalue weighted by Gasteiger charge is -2.32. The zero-order chi connectivity index (χ0) is 18.2. The van der Waals surface area contributed by atoms with Gasteiger partial charge in [-0.1, -0.05) is 6.07 Å². The van der Waals surface area contributed by atoms with Crippen molar-refractivity contribution in [2.24, 2.45) is 0 Å². The lowest BCUT2D eigenvalue weighted by molar-refractivity contribution is -0.345. The van der Waals surface area contributed by atoms with E-state index < -0.39 is 29.6 Å². The quantitative estimate of drug-likeness (QED) is 0.840. The van der Waals surface area contributed by atoms with Crippen molar-refractivity contribution >= 4 is 16.8 Å². The first-order valence-corrected chi connectivity index (χ1v) is 7.60. The number of para-hydroxylation sites is 1. The number of carbonyl (C=O) groups excluding carboxylic acids is 1. The average molecular weight is 358 g/mol. The Morgan fingerprint density at radius 3 is 2.56 bits per heavy atom. The number of alkyl halides is 3. The van der Waals surface area contributed by atoms with Crippen molar-refractivity contribution in [1.82, 2.24) is 9.88 Å². The van der Waals surface area contributed by atoms with Crippen LogP contribution in [0.1, 0.15) is 23.3 Å². The number of hydrogen-bond donors (Lipinski definition) is 1. The number of pyridine rings is 1. The topological polar surface area (TPSA) is 62.4 Å². The molecule has 0 aliphatic carbocycles. The molecular weight excluding hydrogens is 344 g/mol. The molecule has 1 saturated heterocycles. The fourth-order valence-corrected chi connectivity index (χ4v) is 2.89. The van der Waals surface area contributed by atoms with Gasteiger partial charge in [0.1, 0.15) is 11.5 Å². The standard InChI is InChI=1S/C16H14F4N2O3/c17-11-3-1-2-10-13(23)8-12(21-14(10)11)15(24)22-6-4-9(5-7-22)25-16(18,19)20/h1-3,8-9H,4-7H2,(H,21,23). The molecule has 1 aromatic carbocycles. The summed E-state index contributed by atoms with van der Waals surface area (Å²) in [5.41, 5.74) is -0.682. The minimum absolute atomic E-state index is 0.0252. The molecule has 1 aliphatic rings. The Bertz CT molecular complexity index is 855. The smallest absolute Gasteiger partial charge is 0.348 e. The number of nitrogens with zero attached hydrogens (tertiary/aromatic N) is 1. The Balaban J connectivity index is 1.77. The van der Waals surface area contributed by atoms with Crippen molar-refractivity contribution in [1.29, 1.82) is 0 Å². The minimum Gasteiger partial charge on any atom is -0.348 e. The monoisotopic (exact) mass is 358 g/mol. The highest BCUT2D eigenvalue weighted by Crippen LogP contribution is 2.25. The molecule has 0 saturated carbocycles. The molecule has 134 valence electrons. The second kappa shape index (κ2) is 6.47. The Kier molecular flexibility index (Phi) is 4.51. The second-order valence-corrected chi connectivity index (χ2v) is 5.76. The summed E-state index contributed by atoms with van der Waals surface area (Å²) in [5, 5.41) is 0.119. The van der Waals surface area contributed by atoms with E-state index in [9.17, 15) is 27.2 Å². The van der Waals surface area contributed by atoms with E-state index in [4.69, 9.17) is 0 Å². The van der Waals surface area contributed by atoms with Crippen molar-refractivity contribution in [3.8, 4) is 0 Å². The number of halogens is 4. The van der Waals surface area contributed by atoms with E-state index in [0.717, 1.165) is 12.1 Å². The van der Waals surface area contributed by atoms with E-state index in [2.05, 4.69) is 9.72 Å². The van der Waals surface area contributed by atoms with Gasteiger partial charge in [-0.25, -0.2) is 4.39 Å². The van der Waals surface area contributed by atoms with Gasteiger partial charge in [0.25, 0.3) is 5.91 Å². The predicted octanol–water partition coefficient (Wildman–Crippen LogP) is 2.81. The Hall–Kier alpha value is -2.42. The van der Waals surface area contributed by atoms with Crippen molar-refractivity contribution < 1.29 is 27.1 Å². The first kappa shape index (κ1) is 17.4. The summed E-state index contributed by atoms with van der Waals surface area (Å²) in [5.74, 6) is -1.23. The summed E-state index contributed by atoms with van der Waals surface area (Å²) >= 11 is 0. The Morgan fingerprint density at radius 1 is 1.24 bits per heavy atom. The lowest BCUT2D eigenvalue weighted by atomic mass is 10.1. The molecule has 2 heterocycles. The van der Waals surface area contributed by atoms with Gasteiger partial charge < -0.3 is 9.88 Å². The number of rotatable bonds is 2. The van der Waals surface area contributed by atoms with Crippen LogP contribution in [-0.4, -0.2) is 41.3 Å². The molecule has 0 radical (unpaired) electrons. The van der Waals surface area contributed by atoms with Crippen LogP contribution in [0.2, 0.25) is 0 Å². The molecule has 3 rings (SSSR count). The van der Waals surface area contributed by atoms with Crippen LogP contribution < -0.4 is 5.43 Å². The molecule has 0 atom stereocenters. The van der Waals surface area contributed by atoms with Crippen molar-refractivity contribution in [2.45, 2.75) is 25.3 Å². The highest BCUT2D eigenvalue weighted by atomic mass is 19.4. The SMILES string of the molecule is O=C(c1cc(=O)c2cccc(F)c2[nH]1)N1CCC(OC(F)(F)F)CC1. The summed E-state index contributed by atoms with van der Waals surface area (Å²) < 4.78 is 54.4. The van der Waals surface area contributed by atoms with E-state index in [1.165, 1.54) is 17.0 Å². The van der Waals surface area contributed by atoms with Crippen LogP contribution in [0, 0.1) is 5.82 Å². The number of aromatic amines is 1. The first-order valence-electron chi connectivity index (χ1n) is 7.60. The van der Waals surface area contributed by atoms with Crippen LogP contribution in [0.25, 0.3) is 10.9 Å². The van der Waals surface area contributed by atoms with E-state index in [1.807, 2.05) is 0 Å². The number of aromatic nitrogens is 1. The maximum absolute atomic E-state index is 13.8. The third kappa shape index (κ3) is 3.81. The summed E-state index contributed by atoms with van der Waals surface area (Å²) in [6, 6.07) is 5.06. The number of fused-ring (bicyclic) bond motifs is 1. The van der Waals surface area contributed by atoms with Gasteiger partial charge in [-0.2, -0.15) is 0 Å². The Labute approximate surface area is 139 Å². The van der Waals surface area contributed by atoms with E-state index in [1.54, 1.807) is 0 Å². The number of likely N-dealkylation sites (tertiary alicyclic amines) is 1. The van der Waals surface area contributed by atoms with Gasteiger partial charge in [0.2, 0.25) is 0 Å². The number of hydrogen-bond acceptors (Lipinski definition) is 3. The fourth-order valence-electron chi connectivity index (χ4n) is 2.89. The summed E-state index contributed by atoms with van der Waals surface area (Å²) in [6.07, 6.45) is -5.66. The zero-order valence-electron chi connectivity index (χ0n) is 12.9. The van der Waals surface area contributed by atoms with Gasteiger partial charge >= 0.3 is 6.36 Å². The molecule has 1 aromatic heterocycles. The van der Waals surface area contributed by atoms with Crippen LogP contribution in [-0.2, 0) is 4.74 Å². The molecule has 1 amide bonds. The number of carbonyl (C=O) groups is 1. The van der Waals surface area contributed by atoms with Crippen LogP contribution in [0.4, 0.5) is 17.6 Å². The highest BCUT2D eigenvalue weighted by molar-refractivity contribution is 5.95. The van der Waals surface area contributed by atoms with Gasteiger partial charge in [0, 0.05) is 24.5 Å². The number of H-pyrrole nitrogens is 1. The van der Waals surface area contributed by atoms with Crippen molar-refractivity contribution in [3.05, 3.63) is 46.0 Å². The van der Waals surface area contributed by atoms with E-state index in [-0.39, 0.29) is 42.5 Å². The van der Waals surface area contributed by atoms with Gasteiger partial charge in [0.05, 0.1) is 11.6 Å². The van der Waals surface area contributed by atoms with Crippen LogP contribution in [0.3, 0.4) is 0 Å². The average Bonchev–Trinajstić information content (AvgIpc) is 2.54. The third-order valence-corrected chi connectivity index (χ3v) is 4.07. The van der Waals surface area contributed by atoms with Crippen molar-refractivity contribution in [3.63, 3.8) is 0 Å². The number of nitrogens with one attached hydrogen (secondary N) is 1. The predicted molar refractivity (Wildman–Crippen MR) is 80.6 cm³/mol. The first-order chi connectivity index (χ1) is 11.7. The van der Waals surface area contributed by atoms with Gasteiger partial charge in [-0.3, -0.25) is 14.3 Å². The number of piperidine rings is 1. The zero-order valence-corrected chi connectivity index (χ0v) is 12.9. The molecule has 0 spiro atoms. The minimum atomic E-state index is -4.71. The molecule has 2 aromatic rings. The van der Waals surface area contributed by atoms with Crippen LogP contribution in [0.15, 0.2) is 29.1 Å². The number of ether oxygens (including phenoxy) is 1. The van der Waals surface area contributed by atoms with Crippen molar-refractivity contribution in [2.75, 3.05) is 13.1 Å². The molecule has 0 unspecified atom stereocenters. The molecule has 25 heavy (non-hydrogen) atoms. The highest BCUT2D eigenvalue weighted by Gasteiger charge is 2.35. The number of benzene rings is 1. The van der Waals surface area contributed by atoms with E-state index >= 15 is 0 Å². The van der Waals surface area contributed by atoms with E-state index in [0.29, 0.717) is 0 Å². The Morgan fingerprint density at radius 2 is 1.92 bits per heavy atom. The summed E-state index contributed by atoms with van der Waals surface area (Å²) in [4.78, 5) is 28.4. The summed E-state index contributed by atoms with van der Waals surface area (Å²) in [6.45, 7) is 0.105. The maximum Gasteiger partial charge on any atom is 0.522 e. The third-order valence-electron chi connectivity index (χ3n) is 4.07. The molecule has 0 bridgehead atoms. The molecule has 5 nitrogen and oxygen atoms in total. The lowest BCUT2D eigenvalue weighted by Crippen LogP contribution is -2.42. The fraction of sp³-hybridized carbons (Fsp3) is 0.375.